The first-order valence-corrected chi connectivity index (χ1v) is 6.15. The fourth-order valence-corrected chi connectivity index (χ4v) is 2.34. The van der Waals surface area contributed by atoms with Crippen molar-refractivity contribution in [1.29, 1.82) is 0 Å². The average Bonchev–Trinajstić information content (AvgIpc) is 2.66. The van der Waals surface area contributed by atoms with Crippen LogP contribution in [0, 0.1) is 0 Å². The lowest BCUT2D eigenvalue weighted by Gasteiger charge is -2.03. The Bertz CT molecular complexity index is 408. The van der Waals surface area contributed by atoms with Crippen molar-refractivity contribution in [3.05, 3.63) is 33.3 Å². The van der Waals surface area contributed by atoms with Crippen LogP contribution in [0.5, 0.6) is 0 Å². The zero-order chi connectivity index (χ0) is 10.8. The summed E-state index contributed by atoms with van der Waals surface area (Å²) < 4.78 is 0.949. The fraction of sp³-hybridized carbons (Fsp3) is 0.300. The van der Waals surface area contributed by atoms with Gasteiger partial charge in [-0.3, -0.25) is 0 Å². The van der Waals surface area contributed by atoms with Gasteiger partial charge >= 0.3 is 0 Å². The first-order valence-electron chi connectivity index (χ1n) is 4.45. The van der Waals surface area contributed by atoms with Crippen molar-refractivity contribution in [2.24, 2.45) is 5.16 Å². The maximum absolute atomic E-state index is 6.10. The zero-order valence-corrected chi connectivity index (χ0v) is 10.8. The molecule has 1 heterocycles. The summed E-state index contributed by atoms with van der Waals surface area (Å²) in [6, 6.07) is 5.69. The highest BCUT2D eigenvalue weighted by Gasteiger charge is 2.22. The molecule has 1 aliphatic heterocycles. The number of oxime groups is 1. The van der Waals surface area contributed by atoms with Gasteiger partial charge in [-0.15, -0.1) is 11.6 Å². The van der Waals surface area contributed by atoms with Crippen molar-refractivity contribution in [3.8, 4) is 0 Å². The number of hydrogen-bond acceptors (Lipinski definition) is 2. The Morgan fingerprint density at radius 2 is 2.33 bits per heavy atom. The molecule has 1 aliphatic rings. The van der Waals surface area contributed by atoms with E-state index >= 15 is 0 Å². The smallest absolute Gasteiger partial charge is 0.146 e. The van der Waals surface area contributed by atoms with Gasteiger partial charge in [0.2, 0.25) is 0 Å². The molecule has 1 unspecified atom stereocenters. The van der Waals surface area contributed by atoms with E-state index in [0.717, 1.165) is 15.7 Å². The van der Waals surface area contributed by atoms with E-state index in [9.17, 15) is 0 Å². The Hall–Kier alpha value is -0.250. The molecule has 1 aromatic rings. The molecular weight excluding hydrogens is 301 g/mol. The van der Waals surface area contributed by atoms with E-state index < -0.39 is 0 Å². The third-order valence-corrected chi connectivity index (χ3v) is 3.30. The van der Waals surface area contributed by atoms with Gasteiger partial charge in [0.1, 0.15) is 6.10 Å². The van der Waals surface area contributed by atoms with Gasteiger partial charge in [-0.05, 0) is 12.1 Å². The monoisotopic (exact) mass is 307 g/mol. The van der Waals surface area contributed by atoms with E-state index in [0.29, 0.717) is 17.3 Å². The summed E-state index contributed by atoms with van der Waals surface area (Å²) in [5.41, 5.74) is 1.77. The molecule has 0 saturated carbocycles. The third-order valence-electron chi connectivity index (χ3n) is 2.15. The SMILES string of the molecule is ClCC1CC(c2ccc(Br)cc2Cl)=NO1. The van der Waals surface area contributed by atoms with E-state index in [2.05, 4.69) is 21.1 Å². The van der Waals surface area contributed by atoms with Crippen LogP contribution in [0.3, 0.4) is 0 Å². The van der Waals surface area contributed by atoms with Crippen molar-refractivity contribution in [3.63, 3.8) is 0 Å². The molecule has 2 nitrogen and oxygen atoms in total. The largest absolute Gasteiger partial charge is 0.391 e. The Morgan fingerprint density at radius 1 is 1.53 bits per heavy atom. The molecule has 0 aromatic heterocycles. The molecule has 0 aliphatic carbocycles. The molecular formula is C10H8BrCl2NO. The molecule has 0 saturated heterocycles. The van der Waals surface area contributed by atoms with Crippen molar-refractivity contribution >= 4 is 44.8 Å². The van der Waals surface area contributed by atoms with Crippen LogP contribution in [-0.4, -0.2) is 17.7 Å². The van der Waals surface area contributed by atoms with Crippen LogP contribution in [0.25, 0.3) is 0 Å². The summed E-state index contributed by atoms with van der Waals surface area (Å²) in [5, 5.41) is 4.65. The average molecular weight is 309 g/mol. The van der Waals surface area contributed by atoms with Crippen molar-refractivity contribution in [2.75, 3.05) is 5.88 Å². The van der Waals surface area contributed by atoms with E-state index in [1.54, 1.807) is 0 Å². The molecule has 0 radical (unpaired) electrons. The number of benzene rings is 1. The number of rotatable bonds is 2. The van der Waals surface area contributed by atoms with Crippen LogP contribution in [0.2, 0.25) is 5.02 Å². The third kappa shape index (κ3) is 2.47. The maximum atomic E-state index is 6.10. The molecule has 1 aromatic carbocycles. The fourth-order valence-electron chi connectivity index (χ4n) is 1.39. The normalized spacial score (nSPS) is 19.9. The second-order valence-corrected chi connectivity index (χ2v) is 4.88. The highest BCUT2D eigenvalue weighted by Crippen LogP contribution is 2.26. The predicted molar refractivity (Wildman–Crippen MR) is 65.9 cm³/mol. The predicted octanol–water partition coefficient (Wildman–Crippen LogP) is 3.83. The summed E-state index contributed by atoms with van der Waals surface area (Å²) in [6.07, 6.45) is 0.687. The van der Waals surface area contributed by atoms with E-state index in [1.807, 2.05) is 18.2 Å². The minimum atomic E-state index is -0.0265. The first-order chi connectivity index (χ1) is 7.20. The lowest BCUT2D eigenvalue weighted by atomic mass is 10.1. The van der Waals surface area contributed by atoms with Gasteiger partial charge in [-0.25, -0.2) is 0 Å². The standard InChI is InChI=1S/C10H8BrCl2NO/c11-6-1-2-8(9(13)3-6)10-4-7(5-12)15-14-10/h1-3,7H,4-5H2. The van der Waals surface area contributed by atoms with Crippen molar-refractivity contribution in [2.45, 2.75) is 12.5 Å². The Balaban J connectivity index is 2.24. The number of hydrogen-bond donors (Lipinski definition) is 0. The van der Waals surface area contributed by atoms with E-state index in [4.69, 9.17) is 28.0 Å². The Labute approximate surface area is 106 Å². The minimum Gasteiger partial charge on any atom is -0.391 e. The number of alkyl halides is 1. The maximum Gasteiger partial charge on any atom is 0.146 e. The van der Waals surface area contributed by atoms with Gasteiger partial charge in [-0.1, -0.05) is 38.8 Å². The van der Waals surface area contributed by atoms with Gasteiger partial charge in [0, 0.05) is 16.5 Å². The molecule has 0 amide bonds. The molecule has 0 N–H and O–H groups in total. The lowest BCUT2D eigenvalue weighted by molar-refractivity contribution is 0.102. The quantitative estimate of drug-likeness (QED) is 0.761. The summed E-state index contributed by atoms with van der Waals surface area (Å²) >= 11 is 15.1. The second-order valence-electron chi connectivity index (χ2n) is 3.25. The van der Waals surface area contributed by atoms with Crippen LogP contribution >= 0.6 is 39.1 Å². The van der Waals surface area contributed by atoms with Crippen molar-refractivity contribution < 1.29 is 4.84 Å². The number of nitrogens with zero attached hydrogens (tertiary/aromatic N) is 1. The molecule has 5 heteroatoms. The summed E-state index contributed by atoms with van der Waals surface area (Å²) in [7, 11) is 0. The van der Waals surface area contributed by atoms with E-state index in [-0.39, 0.29) is 6.10 Å². The van der Waals surface area contributed by atoms with E-state index in [1.165, 1.54) is 0 Å². The highest BCUT2D eigenvalue weighted by molar-refractivity contribution is 9.10. The molecule has 0 bridgehead atoms. The van der Waals surface area contributed by atoms with Crippen LogP contribution in [0.15, 0.2) is 27.8 Å². The minimum absolute atomic E-state index is 0.0265. The van der Waals surface area contributed by atoms with Crippen LogP contribution in [-0.2, 0) is 4.84 Å². The van der Waals surface area contributed by atoms with Crippen LogP contribution < -0.4 is 0 Å². The van der Waals surface area contributed by atoms with Gasteiger partial charge in [-0.2, -0.15) is 0 Å². The van der Waals surface area contributed by atoms with Gasteiger partial charge in [0.05, 0.1) is 16.6 Å². The highest BCUT2D eigenvalue weighted by atomic mass is 79.9. The van der Waals surface area contributed by atoms with Gasteiger partial charge in [0.15, 0.2) is 0 Å². The van der Waals surface area contributed by atoms with Gasteiger partial charge in [0.25, 0.3) is 0 Å². The summed E-state index contributed by atoms with van der Waals surface area (Å²) in [4.78, 5) is 5.14. The number of halogens is 3. The molecule has 15 heavy (non-hydrogen) atoms. The Kier molecular flexibility index (Phi) is 3.54. The zero-order valence-electron chi connectivity index (χ0n) is 7.71. The summed E-state index contributed by atoms with van der Waals surface area (Å²) in [5.74, 6) is 0.446. The molecule has 2 rings (SSSR count). The van der Waals surface area contributed by atoms with Crippen LogP contribution in [0.1, 0.15) is 12.0 Å². The second kappa shape index (κ2) is 4.73. The first kappa shape index (κ1) is 11.2. The lowest BCUT2D eigenvalue weighted by Crippen LogP contribution is -2.09. The van der Waals surface area contributed by atoms with Crippen molar-refractivity contribution in [1.82, 2.24) is 0 Å². The molecule has 0 fully saturated rings. The van der Waals surface area contributed by atoms with Gasteiger partial charge < -0.3 is 4.84 Å². The summed E-state index contributed by atoms with van der Waals surface area (Å²) in [6.45, 7) is 0. The molecule has 0 spiro atoms. The Morgan fingerprint density at radius 3 is 2.93 bits per heavy atom. The van der Waals surface area contributed by atoms with Crippen LogP contribution in [0.4, 0.5) is 0 Å². The topological polar surface area (TPSA) is 21.6 Å². The molecule has 1 atom stereocenters. The molecule has 80 valence electrons.